The minimum absolute atomic E-state index is 0.0866. The SMILES string of the molecule is CCOC(=O)C1=C(N)NC(=O)CC1c1ccccc1. The van der Waals surface area contributed by atoms with Gasteiger partial charge in [-0.3, -0.25) is 4.79 Å². The van der Waals surface area contributed by atoms with Crippen molar-refractivity contribution in [1.82, 2.24) is 5.32 Å². The zero-order valence-electron chi connectivity index (χ0n) is 10.7. The molecule has 0 fully saturated rings. The molecular formula is C14H16N2O3. The Labute approximate surface area is 111 Å². The molecule has 0 aliphatic carbocycles. The van der Waals surface area contributed by atoms with Crippen LogP contribution in [0.2, 0.25) is 0 Å². The number of hydrogen-bond donors (Lipinski definition) is 2. The van der Waals surface area contributed by atoms with Gasteiger partial charge in [-0.05, 0) is 12.5 Å². The highest BCUT2D eigenvalue weighted by Crippen LogP contribution is 2.32. The van der Waals surface area contributed by atoms with Crippen LogP contribution in [-0.2, 0) is 14.3 Å². The normalized spacial score (nSPS) is 19.0. The lowest BCUT2D eigenvalue weighted by molar-refractivity contribution is -0.139. The maximum atomic E-state index is 12.0. The fourth-order valence-electron chi connectivity index (χ4n) is 2.17. The summed E-state index contributed by atoms with van der Waals surface area (Å²) < 4.78 is 5.01. The highest BCUT2D eigenvalue weighted by atomic mass is 16.5. The molecule has 1 unspecified atom stereocenters. The molecule has 0 bridgehead atoms. The molecule has 2 rings (SSSR count). The van der Waals surface area contributed by atoms with Gasteiger partial charge in [0.2, 0.25) is 5.91 Å². The van der Waals surface area contributed by atoms with Crippen LogP contribution in [0.5, 0.6) is 0 Å². The van der Waals surface area contributed by atoms with E-state index < -0.39 is 5.97 Å². The standard InChI is InChI=1S/C14H16N2O3/c1-2-19-14(18)12-10(8-11(17)16-13(12)15)9-6-4-3-5-7-9/h3-7,10H,2,8,15H2,1H3,(H,16,17). The lowest BCUT2D eigenvalue weighted by atomic mass is 9.86. The van der Waals surface area contributed by atoms with E-state index in [2.05, 4.69) is 5.32 Å². The Hall–Kier alpha value is -2.30. The summed E-state index contributed by atoms with van der Waals surface area (Å²) in [5, 5.41) is 2.49. The number of nitrogens with two attached hydrogens (primary N) is 1. The smallest absolute Gasteiger partial charge is 0.338 e. The number of esters is 1. The van der Waals surface area contributed by atoms with Crippen molar-refractivity contribution in [2.75, 3.05) is 6.61 Å². The number of rotatable bonds is 3. The van der Waals surface area contributed by atoms with E-state index in [1.165, 1.54) is 0 Å². The Morgan fingerprint density at radius 1 is 1.42 bits per heavy atom. The second-order valence-electron chi connectivity index (χ2n) is 4.26. The van der Waals surface area contributed by atoms with Gasteiger partial charge >= 0.3 is 5.97 Å². The van der Waals surface area contributed by atoms with Crippen molar-refractivity contribution in [2.45, 2.75) is 19.3 Å². The third kappa shape index (κ3) is 2.76. The fourth-order valence-corrected chi connectivity index (χ4v) is 2.17. The van der Waals surface area contributed by atoms with Crippen molar-refractivity contribution in [2.24, 2.45) is 5.73 Å². The Kier molecular flexibility index (Phi) is 3.85. The van der Waals surface area contributed by atoms with Gasteiger partial charge in [-0.25, -0.2) is 4.79 Å². The summed E-state index contributed by atoms with van der Waals surface area (Å²) in [6.45, 7) is 2.00. The van der Waals surface area contributed by atoms with E-state index in [9.17, 15) is 9.59 Å². The van der Waals surface area contributed by atoms with Gasteiger partial charge in [-0.15, -0.1) is 0 Å². The zero-order valence-corrected chi connectivity index (χ0v) is 10.7. The third-order valence-electron chi connectivity index (χ3n) is 3.00. The summed E-state index contributed by atoms with van der Waals surface area (Å²) >= 11 is 0. The summed E-state index contributed by atoms with van der Waals surface area (Å²) in [6, 6.07) is 9.34. The highest BCUT2D eigenvalue weighted by Gasteiger charge is 2.33. The summed E-state index contributed by atoms with van der Waals surface area (Å²) in [5.74, 6) is -0.939. The average molecular weight is 260 g/mol. The van der Waals surface area contributed by atoms with Crippen LogP contribution in [0.3, 0.4) is 0 Å². The van der Waals surface area contributed by atoms with Crippen LogP contribution in [0.15, 0.2) is 41.7 Å². The van der Waals surface area contributed by atoms with Crippen LogP contribution in [-0.4, -0.2) is 18.5 Å². The van der Waals surface area contributed by atoms with Crippen LogP contribution >= 0.6 is 0 Å². The lowest BCUT2D eigenvalue weighted by Crippen LogP contribution is -2.38. The number of carbonyl (C=O) groups is 2. The van der Waals surface area contributed by atoms with Gasteiger partial charge in [0.15, 0.2) is 0 Å². The molecule has 0 radical (unpaired) electrons. The van der Waals surface area contributed by atoms with Crippen LogP contribution in [0.25, 0.3) is 0 Å². The van der Waals surface area contributed by atoms with Gasteiger partial charge in [0.1, 0.15) is 5.82 Å². The third-order valence-corrected chi connectivity index (χ3v) is 3.00. The predicted octanol–water partition coefficient (Wildman–Crippen LogP) is 1.02. The first kappa shape index (κ1) is 13.1. The Balaban J connectivity index is 2.41. The molecule has 1 aliphatic rings. The number of hydrogen-bond acceptors (Lipinski definition) is 4. The summed E-state index contributed by atoms with van der Waals surface area (Å²) in [6.07, 6.45) is 0.193. The van der Waals surface area contributed by atoms with Crippen LogP contribution in [0.1, 0.15) is 24.8 Å². The molecule has 3 N–H and O–H groups in total. The second kappa shape index (κ2) is 5.56. The van der Waals surface area contributed by atoms with Crippen LogP contribution in [0.4, 0.5) is 0 Å². The highest BCUT2D eigenvalue weighted by molar-refractivity contribution is 5.95. The first-order chi connectivity index (χ1) is 9.13. The molecule has 1 atom stereocenters. The Bertz CT molecular complexity index is 523. The average Bonchev–Trinajstić information content (AvgIpc) is 2.39. The maximum Gasteiger partial charge on any atom is 0.338 e. The topological polar surface area (TPSA) is 81.4 Å². The van der Waals surface area contributed by atoms with Gasteiger partial charge < -0.3 is 15.8 Å². The number of ether oxygens (including phenoxy) is 1. The molecular weight excluding hydrogens is 244 g/mol. The van der Waals surface area contributed by atoms with E-state index in [0.717, 1.165) is 5.56 Å². The first-order valence-electron chi connectivity index (χ1n) is 6.15. The van der Waals surface area contributed by atoms with Gasteiger partial charge in [0.05, 0.1) is 12.2 Å². The van der Waals surface area contributed by atoms with E-state index in [4.69, 9.17) is 10.5 Å². The van der Waals surface area contributed by atoms with Gasteiger partial charge in [0.25, 0.3) is 0 Å². The minimum Gasteiger partial charge on any atom is -0.463 e. The molecule has 0 aromatic heterocycles. The van der Waals surface area contributed by atoms with Crippen LogP contribution < -0.4 is 11.1 Å². The van der Waals surface area contributed by atoms with E-state index in [-0.39, 0.29) is 30.7 Å². The molecule has 1 aromatic rings. The van der Waals surface area contributed by atoms with E-state index >= 15 is 0 Å². The van der Waals surface area contributed by atoms with Crippen molar-refractivity contribution in [1.29, 1.82) is 0 Å². The number of amides is 1. The summed E-state index contributed by atoms with van der Waals surface area (Å²) in [7, 11) is 0. The minimum atomic E-state index is -0.478. The Morgan fingerprint density at radius 2 is 2.11 bits per heavy atom. The molecule has 1 aliphatic heterocycles. The number of benzene rings is 1. The molecule has 100 valence electrons. The first-order valence-corrected chi connectivity index (χ1v) is 6.15. The molecule has 5 nitrogen and oxygen atoms in total. The van der Waals surface area contributed by atoms with Crippen molar-refractivity contribution < 1.29 is 14.3 Å². The monoisotopic (exact) mass is 260 g/mol. The largest absolute Gasteiger partial charge is 0.463 e. The quantitative estimate of drug-likeness (QED) is 0.795. The molecule has 0 spiro atoms. The lowest BCUT2D eigenvalue weighted by Gasteiger charge is -2.25. The van der Waals surface area contributed by atoms with E-state index in [0.29, 0.717) is 5.57 Å². The summed E-state index contributed by atoms with van der Waals surface area (Å²) in [4.78, 5) is 23.6. The van der Waals surface area contributed by atoms with E-state index in [1.54, 1.807) is 6.92 Å². The number of nitrogens with one attached hydrogen (secondary N) is 1. The van der Waals surface area contributed by atoms with Crippen molar-refractivity contribution in [3.63, 3.8) is 0 Å². The predicted molar refractivity (Wildman–Crippen MR) is 69.8 cm³/mol. The van der Waals surface area contributed by atoms with Gasteiger partial charge in [-0.2, -0.15) is 0 Å². The fraction of sp³-hybridized carbons (Fsp3) is 0.286. The van der Waals surface area contributed by atoms with Crippen molar-refractivity contribution >= 4 is 11.9 Å². The molecule has 0 saturated heterocycles. The molecule has 1 aromatic carbocycles. The summed E-state index contributed by atoms with van der Waals surface area (Å²) in [5.41, 5.74) is 6.98. The zero-order chi connectivity index (χ0) is 13.8. The number of carbonyl (C=O) groups excluding carboxylic acids is 2. The molecule has 0 saturated carbocycles. The van der Waals surface area contributed by atoms with Crippen molar-refractivity contribution in [3.8, 4) is 0 Å². The Morgan fingerprint density at radius 3 is 2.74 bits per heavy atom. The second-order valence-corrected chi connectivity index (χ2v) is 4.26. The molecule has 5 heteroatoms. The maximum absolute atomic E-state index is 12.0. The van der Waals surface area contributed by atoms with Crippen molar-refractivity contribution in [3.05, 3.63) is 47.3 Å². The van der Waals surface area contributed by atoms with E-state index in [1.807, 2.05) is 30.3 Å². The molecule has 19 heavy (non-hydrogen) atoms. The molecule has 1 heterocycles. The van der Waals surface area contributed by atoms with Crippen LogP contribution in [0, 0.1) is 0 Å². The van der Waals surface area contributed by atoms with Gasteiger partial charge in [0, 0.05) is 12.3 Å². The molecule has 1 amide bonds. The van der Waals surface area contributed by atoms with Gasteiger partial charge in [-0.1, -0.05) is 30.3 Å².